The Morgan fingerprint density at radius 3 is 1.76 bits per heavy atom. The van der Waals surface area contributed by atoms with Crippen molar-refractivity contribution in [3.05, 3.63) is 143 Å². The van der Waals surface area contributed by atoms with Crippen LogP contribution in [-0.4, -0.2) is 9.52 Å². The average Bonchev–Trinajstić information content (AvgIpc) is 3.53. The van der Waals surface area contributed by atoms with E-state index in [0.717, 1.165) is 12.8 Å². The van der Waals surface area contributed by atoms with E-state index in [-0.39, 0.29) is 40.7 Å². The minimum absolute atomic E-state index is 0. The minimum atomic E-state index is 0. The van der Waals surface area contributed by atoms with Gasteiger partial charge in [0.15, 0.2) is 0 Å². The van der Waals surface area contributed by atoms with Gasteiger partial charge in [-0.15, -0.1) is 34.2 Å². The first kappa shape index (κ1) is 36.8. The number of fused-ring (bicyclic) bond motifs is 2. The molecule has 6 rings (SSSR count). The fraction of sp³-hybridized carbons (Fsp3) is 0.256. The zero-order chi connectivity index (χ0) is 29.9. The average molecular weight is 771 g/mol. The van der Waals surface area contributed by atoms with Gasteiger partial charge < -0.3 is 21.8 Å². The van der Waals surface area contributed by atoms with Crippen LogP contribution < -0.4 is 5.19 Å². The van der Waals surface area contributed by atoms with Crippen molar-refractivity contribution in [2.45, 2.75) is 74.1 Å². The van der Waals surface area contributed by atoms with Crippen LogP contribution in [0.25, 0.3) is 39.1 Å². The van der Waals surface area contributed by atoms with Crippen molar-refractivity contribution < 1.29 is 25.8 Å². The summed E-state index contributed by atoms with van der Waals surface area (Å²) >= 11 is 0. The van der Waals surface area contributed by atoms with Crippen molar-refractivity contribution in [1.82, 2.24) is 0 Å². The van der Waals surface area contributed by atoms with Gasteiger partial charge in [-0.05, 0) is 134 Å². The van der Waals surface area contributed by atoms with E-state index in [0.29, 0.717) is 15.4 Å². The Hall–Kier alpha value is -2.68. The van der Waals surface area contributed by atoms with Gasteiger partial charge in [0.2, 0.25) is 0 Å². The van der Waals surface area contributed by atoms with Crippen LogP contribution in [0.5, 0.6) is 0 Å². The van der Waals surface area contributed by atoms with Gasteiger partial charge in [-0.25, -0.2) is 0 Å². The fourth-order valence-corrected chi connectivity index (χ4v) is 8.73. The molecule has 0 fully saturated rings. The molecule has 0 heterocycles. The quantitative estimate of drug-likeness (QED) is 0.119. The fourth-order valence-electron chi connectivity index (χ4n) is 7.26. The van der Waals surface area contributed by atoms with Gasteiger partial charge >= 0.3 is 25.8 Å². The summed E-state index contributed by atoms with van der Waals surface area (Å²) in [5.41, 5.74) is 19.6. The minimum Gasteiger partial charge on any atom is -0.358 e. The molecule has 5 aromatic rings. The largest absolute Gasteiger partial charge is 4.00 e. The number of benzene rings is 4. The Morgan fingerprint density at radius 2 is 1.20 bits per heavy atom. The van der Waals surface area contributed by atoms with Crippen molar-refractivity contribution in [2.24, 2.45) is 0 Å². The third-order valence-corrected chi connectivity index (χ3v) is 11.4. The molecule has 45 heavy (non-hydrogen) atoms. The molecule has 5 aromatic carbocycles. The van der Waals surface area contributed by atoms with Crippen molar-refractivity contribution in [2.75, 3.05) is 0 Å². The Labute approximate surface area is 295 Å². The molecule has 1 unspecified atom stereocenters. The van der Waals surface area contributed by atoms with E-state index in [2.05, 4.69) is 129 Å². The van der Waals surface area contributed by atoms with Gasteiger partial charge in [0.05, 0.1) is 9.52 Å². The topological polar surface area (TPSA) is 0 Å². The normalized spacial score (nSPS) is 13.5. The molecule has 0 nitrogen and oxygen atoms in total. The summed E-state index contributed by atoms with van der Waals surface area (Å²) in [6.07, 6.45) is 4.57. The first-order valence-electron chi connectivity index (χ1n) is 15.4. The van der Waals surface area contributed by atoms with Gasteiger partial charge in [-0.1, -0.05) is 59.7 Å². The van der Waals surface area contributed by atoms with E-state index in [1.54, 1.807) is 5.20 Å². The van der Waals surface area contributed by atoms with Crippen LogP contribution in [0, 0.1) is 77.2 Å². The molecule has 0 bridgehead atoms. The van der Waals surface area contributed by atoms with Crippen LogP contribution in [0.1, 0.15) is 74.4 Å². The number of hydrogen-bond acceptors (Lipinski definition) is 0. The van der Waals surface area contributed by atoms with Crippen LogP contribution in [-0.2, 0) is 25.8 Å². The number of allylic oxidation sites excluding steroid dienone is 1. The predicted molar refractivity (Wildman–Crippen MR) is 198 cm³/mol. The molecular weight excluding hydrogens is 723 g/mol. The molecule has 228 valence electrons. The summed E-state index contributed by atoms with van der Waals surface area (Å²) in [5, 5.41) is 5.71. The van der Waals surface area contributed by atoms with Crippen molar-refractivity contribution >= 4 is 31.6 Å². The second-order valence-corrected chi connectivity index (χ2v) is 14.0. The Bertz CT molecular complexity index is 1850. The molecule has 2 radical (unpaired) electrons. The first-order chi connectivity index (χ1) is 20.1. The second kappa shape index (κ2) is 14.4. The number of rotatable bonds is 6. The third kappa shape index (κ3) is 6.35. The predicted octanol–water partition coefficient (Wildman–Crippen LogP) is 11.3. The Balaban J connectivity index is 0.00000184. The van der Waals surface area contributed by atoms with Crippen LogP contribution in [0.15, 0.2) is 65.9 Å². The van der Waals surface area contributed by atoms with E-state index < -0.39 is 0 Å². The van der Waals surface area contributed by atoms with Gasteiger partial charge in [0, 0.05) is 0 Å². The van der Waals surface area contributed by atoms with Crippen molar-refractivity contribution in [3.8, 4) is 22.3 Å². The van der Waals surface area contributed by atoms with Crippen LogP contribution >= 0.6 is 0 Å². The second-order valence-electron chi connectivity index (χ2n) is 12.6. The molecule has 0 saturated carbocycles. The first-order valence-corrected chi connectivity index (χ1v) is 16.4. The van der Waals surface area contributed by atoms with E-state index >= 15 is 0 Å². The van der Waals surface area contributed by atoms with Crippen molar-refractivity contribution in [1.29, 1.82) is 0 Å². The summed E-state index contributed by atoms with van der Waals surface area (Å²) < 4.78 is 0. The zero-order valence-corrected chi connectivity index (χ0v) is 33.6. The smallest absolute Gasteiger partial charge is 0.358 e. The summed E-state index contributed by atoms with van der Waals surface area (Å²) in [6, 6.07) is 23.4. The van der Waals surface area contributed by atoms with E-state index in [4.69, 9.17) is 0 Å². The molecule has 0 aromatic heterocycles. The zero-order valence-electron chi connectivity index (χ0n) is 29.0. The maximum Gasteiger partial charge on any atom is 4.00 e. The van der Waals surface area contributed by atoms with Crippen molar-refractivity contribution in [3.63, 3.8) is 0 Å². The molecule has 1 aliphatic carbocycles. The third-order valence-electron chi connectivity index (χ3n) is 9.99. The van der Waals surface area contributed by atoms with Crippen LogP contribution in [0.3, 0.4) is 0 Å². The molecule has 1 aliphatic rings. The SMILES string of the molecule is [CH2-]CCC1C([Si]c2cc3c(-c4c(C)c(C)cc(C)c4C)cccc3[cH-]2)=Cc2c(-c3c(C)c(C)cc(C)c3C)cccc21.[CH3-].[CH3-].[Hf+4]. The van der Waals surface area contributed by atoms with Crippen LogP contribution in [0.2, 0.25) is 0 Å². The van der Waals surface area contributed by atoms with E-state index in [1.807, 2.05) is 0 Å². The molecule has 1 atom stereocenters. The number of aryl methyl sites for hydroxylation is 4. The summed E-state index contributed by atoms with van der Waals surface area (Å²) in [7, 11) is 0.649. The monoisotopic (exact) mass is 772 g/mol. The Morgan fingerprint density at radius 1 is 0.689 bits per heavy atom. The standard InChI is InChI=1S/C41H42Si.2CH3.Hf/c1-10-13-34-33-15-12-17-36(41-29(8)25(4)19-26(5)30(41)9)38(33)22-39(34)42-32-20-31-14-11-16-35(37(31)21-32)40-27(6)23(2)18-24(3)28(40)7;;;/h11-12,14-22,34H,1,10,13H2,2-9H3;2*1H3;/q-2;2*-1;+4. The Kier molecular flexibility index (Phi) is 11.8. The van der Waals surface area contributed by atoms with E-state index in [1.165, 1.54) is 93.8 Å². The maximum atomic E-state index is 4.28. The van der Waals surface area contributed by atoms with Gasteiger partial charge in [0.25, 0.3) is 0 Å². The number of hydrogen-bond donors (Lipinski definition) is 0. The maximum absolute atomic E-state index is 4.28. The molecule has 0 saturated heterocycles. The van der Waals surface area contributed by atoms with Gasteiger partial charge in [-0.3, -0.25) is 0 Å². The summed E-state index contributed by atoms with van der Waals surface area (Å²) in [6.45, 7) is 22.4. The molecule has 2 heteroatoms. The van der Waals surface area contributed by atoms with Gasteiger partial charge in [0.1, 0.15) is 0 Å². The molecular formula is C43H48HfSi. The molecule has 0 N–H and O–H groups in total. The molecule has 0 spiro atoms. The molecule has 0 aliphatic heterocycles. The van der Waals surface area contributed by atoms with E-state index in [9.17, 15) is 0 Å². The summed E-state index contributed by atoms with van der Waals surface area (Å²) in [5.74, 6) is 0.434. The van der Waals surface area contributed by atoms with Gasteiger partial charge in [-0.2, -0.15) is 12.5 Å². The van der Waals surface area contributed by atoms with Crippen LogP contribution in [0.4, 0.5) is 0 Å². The molecule has 0 amide bonds. The summed E-state index contributed by atoms with van der Waals surface area (Å²) in [4.78, 5) is 0.